The maximum atomic E-state index is 12.8. The summed E-state index contributed by atoms with van der Waals surface area (Å²) in [7, 11) is 0. The number of ether oxygens (including phenoxy) is 3. The summed E-state index contributed by atoms with van der Waals surface area (Å²) in [5, 5.41) is 15.1. The average molecular weight is 606 g/mol. The van der Waals surface area contributed by atoms with Crippen LogP contribution in [0.3, 0.4) is 0 Å². The molecule has 0 aliphatic heterocycles. The van der Waals surface area contributed by atoms with E-state index in [1.807, 2.05) is 25.1 Å². The highest BCUT2D eigenvalue weighted by molar-refractivity contribution is 9.10. The van der Waals surface area contributed by atoms with Gasteiger partial charge in [0, 0.05) is 15.8 Å². The Hall–Kier alpha value is -4.62. The molecule has 2 N–H and O–H groups in total. The van der Waals surface area contributed by atoms with E-state index in [9.17, 15) is 19.6 Å². The second-order valence-electron chi connectivity index (χ2n) is 8.33. The van der Waals surface area contributed by atoms with Gasteiger partial charge in [0.1, 0.15) is 11.6 Å². The van der Waals surface area contributed by atoms with Gasteiger partial charge in [0.2, 0.25) is 0 Å². The molecule has 0 spiro atoms. The molecule has 206 valence electrons. The number of hydrogen-bond donors (Lipinski definition) is 2. The molecule has 0 aliphatic rings. The lowest BCUT2D eigenvalue weighted by Gasteiger charge is -2.14. The van der Waals surface area contributed by atoms with Crippen LogP contribution in [0.1, 0.15) is 35.3 Å². The SMILES string of the molecule is CCOC(=O)c1ccc(NC(=O)COc2cc(Br)c(/C=C(/C#N)C(=O)Nc3ccccc3C)cc2OCC)cc1. The van der Waals surface area contributed by atoms with Crippen molar-refractivity contribution in [3.05, 3.63) is 87.4 Å². The number of carbonyl (C=O) groups excluding carboxylic acids is 3. The van der Waals surface area contributed by atoms with Crippen molar-refractivity contribution < 1.29 is 28.6 Å². The van der Waals surface area contributed by atoms with Gasteiger partial charge in [-0.05, 0) is 80.4 Å². The van der Waals surface area contributed by atoms with Gasteiger partial charge in [0.05, 0.1) is 18.8 Å². The second-order valence-corrected chi connectivity index (χ2v) is 9.18. The normalized spacial score (nSPS) is 10.7. The Labute approximate surface area is 240 Å². The first-order chi connectivity index (χ1) is 19.2. The van der Waals surface area contributed by atoms with Crippen molar-refractivity contribution in [2.24, 2.45) is 0 Å². The van der Waals surface area contributed by atoms with Crippen LogP contribution in [0.15, 0.2) is 70.7 Å². The largest absolute Gasteiger partial charge is 0.490 e. The quantitative estimate of drug-likeness (QED) is 0.158. The van der Waals surface area contributed by atoms with Crippen molar-refractivity contribution in [3.63, 3.8) is 0 Å². The van der Waals surface area contributed by atoms with Crippen LogP contribution in [0.5, 0.6) is 11.5 Å². The van der Waals surface area contributed by atoms with Gasteiger partial charge in [-0.1, -0.05) is 34.1 Å². The number of nitrogens with zero attached hydrogens (tertiary/aromatic N) is 1. The Bertz CT molecular complexity index is 1460. The second kappa shape index (κ2) is 14.5. The highest BCUT2D eigenvalue weighted by Crippen LogP contribution is 2.35. The summed E-state index contributed by atoms with van der Waals surface area (Å²) in [6, 6.07) is 18.7. The van der Waals surface area contributed by atoms with Crippen LogP contribution < -0.4 is 20.1 Å². The number of anilines is 2. The van der Waals surface area contributed by atoms with Gasteiger partial charge >= 0.3 is 5.97 Å². The maximum Gasteiger partial charge on any atom is 0.338 e. The molecular weight excluding hydrogens is 578 g/mol. The van der Waals surface area contributed by atoms with Crippen LogP contribution in [0.25, 0.3) is 6.08 Å². The molecule has 40 heavy (non-hydrogen) atoms. The summed E-state index contributed by atoms with van der Waals surface area (Å²) < 4.78 is 16.9. The Morgan fingerprint density at radius 2 is 1.65 bits per heavy atom. The van der Waals surface area contributed by atoms with E-state index < -0.39 is 17.8 Å². The molecule has 9 nitrogen and oxygen atoms in total. The summed E-state index contributed by atoms with van der Waals surface area (Å²) in [6.45, 7) is 5.65. The summed E-state index contributed by atoms with van der Waals surface area (Å²) in [4.78, 5) is 37.0. The molecule has 0 saturated heterocycles. The molecular formula is C30H28BrN3O6. The number of halogens is 1. The lowest BCUT2D eigenvalue weighted by Crippen LogP contribution is -2.20. The van der Waals surface area contributed by atoms with E-state index in [0.29, 0.717) is 45.1 Å². The number of benzene rings is 3. The van der Waals surface area contributed by atoms with Crippen molar-refractivity contribution in [2.75, 3.05) is 30.5 Å². The van der Waals surface area contributed by atoms with Gasteiger partial charge in [-0.15, -0.1) is 0 Å². The molecule has 3 aromatic rings. The van der Waals surface area contributed by atoms with Gasteiger partial charge in [-0.2, -0.15) is 5.26 Å². The molecule has 0 bridgehead atoms. The third kappa shape index (κ3) is 8.19. The van der Waals surface area contributed by atoms with Gasteiger partial charge in [-0.25, -0.2) is 4.79 Å². The number of esters is 1. The molecule has 10 heteroatoms. The van der Waals surface area contributed by atoms with Crippen molar-refractivity contribution in [1.29, 1.82) is 5.26 Å². The Morgan fingerprint density at radius 1 is 0.950 bits per heavy atom. The van der Waals surface area contributed by atoms with E-state index in [2.05, 4.69) is 26.6 Å². The van der Waals surface area contributed by atoms with Gasteiger partial charge < -0.3 is 24.8 Å². The smallest absolute Gasteiger partial charge is 0.338 e. The zero-order valence-electron chi connectivity index (χ0n) is 22.2. The fourth-order valence-electron chi connectivity index (χ4n) is 3.49. The van der Waals surface area contributed by atoms with Crippen molar-refractivity contribution >= 4 is 51.2 Å². The Kier molecular flexibility index (Phi) is 10.9. The van der Waals surface area contributed by atoms with Crippen LogP contribution in [0, 0.1) is 18.3 Å². The van der Waals surface area contributed by atoms with Gasteiger partial charge in [-0.3, -0.25) is 9.59 Å². The minimum atomic E-state index is -0.547. The highest BCUT2D eigenvalue weighted by Gasteiger charge is 2.16. The van der Waals surface area contributed by atoms with Crippen molar-refractivity contribution in [2.45, 2.75) is 20.8 Å². The first-order valence-corrected chi connectivity index (χ1v) is 13.2. The summed E-state index contributed by atoms with van der Waals surface area (Å²) in [5.74, 6) is -0.786. The van der Waals surface area contributed by atoms with Gasteiger partial charge in [0.15, 0.2) is 18.1 Å². The number of para-hydroxylation sites is 1. The number of hydrogen-bond acceptors (Lipinski definition) is 7. The molecule has 0 heterocycles. The van der Waals surface area contributed by atoms with Gasteiger partial charge in [0.25, 0.3) is 11.8 Å². The molecule has 0 saturated carbocycles. The first-order valence-electron chi connectivity index (χ1n) is 12.4. The Balaban J connectivity index is 1.72. The Morgan fingerprint density at radius 3 is 2.30 bits per heavy atom. The van der Waals surface area contributed by atoms with Crippen molar-refractivity contribution in [3.8, 4) is 17.6 Å². The minimum Gasteiger partial charge on any atom is -0.490 e. The fraction of sp³-hybridized carbons (Fsp3) is 0.200. The summed E-state index contributed by atoms with van der Waals surface area (Å²) in [5.41, 5.74) is 2.75. The molecule has 0 aliphatic carbocycles. The van der Waals surface area contributed by atoms with Crippen LogP contribution in [0.4, 0.5) is 11.4 Å². The predicted octanol–water partition coefficient (Wildman–Crippen LogP) is 5.90. The number of nitriles is 1. The highest BCUT2D eigenvalue weighted by atomic mass is 79.9. The molecule has 0 unspecified atom stereocenters. The summed E-state index contributed by atoms with van der Waals surface area (Å²) >= 11 is 3.45. The molecule has 0 atom stereocenters. The van der Waals surface area contributed by atoms with Crippen molar-refractivity contribution in [1.82, 2.24) is 0 Å². The molecule has 0 aromatic heterocycles. The summed E-state index contributed by atoms with van der Waals surface area (Å²) in [6.07, 6.45) is 1.44. The average Bonchev–Trinajstić information content (AvgIpc) is 2.94. The first kappa shape index (κ1) is 29.9. The molecule has 0 fully saturated rings. The van der Waals surface area contributed by atoms with E-state index in [1.165, 1.54) is 6.08 Å². The minimum absolute atomic E-state index is 0.103. The van der Waals surface area contributed by atoms with E-state index in [1.54, 1.807) is 62.4 Å². The van der Waals surface area contributed by atoms with E-state index in [4.69, 9.17) is 14.2 Å². The monoisotopic (exact) mass is 605 g/mol. The molecule has 3 rings (SSSR count). The molecule has 3 aromatic carbocycles. The number of nitrogens with one attached hydrogen (secondary N) is 2. The zero-order chi connectivity index (χ0) is 29.1. The number of amides is 2. The zero-order valence-corrected chi connectivity index (χ0v) is 23.8. The number of aryl methyl sites for hydroxylation is 1. The van der Waals surface area contributed by atoms with E-state index in [0.717, 1.165) is 5.56 Å². The molecule has 2 amide bonds. The number of carbonyl (C=O) groups is 3. The fourth-order valence-corrected chi connectivity index (χ4v) is 3.93. The van der Waals surface area contributed by atoms with Crippen LogP contribution >= 0.6 is 15.9 Å². The third-order valence-corrected chi connectivity index (χ3v) is 6.15. The third-order valence-electron chi connectivity index (χ3n) is 5.46. The van der Waals surface area contributed by atoms with Crippen LogP contribution in [-0.4, -0.2) is 37.6 Å². The lowest BCUT2D eigenvalue weighted by atomic mass is 10.1. The maximum absolute atomic E-state index is 12.8. The van der Waals surface area contributed by atoms with E-state index >= 15 is 0 Å². The van der Waals surface area contributed by atoms with E-state index in [-0.39, 0.29) is 18.8 Å². The molecule has 0 radical (unpaired) electrons. The topological polar surface area (TPSA) is 127 Å². The number of rotatable bonds is 11. The van der Waals surface area contributed by atoms with Crippen LogP contribution in [0.2, 0.25) is 0 Å². The predicted molar refractivity (Wildman–Crippen MR) is 155 cm³/mol. The standard InChI is InChI=1S/C30H28BrN3O6/c1-4-38-26-15-21(14-22(17-32)29(36)34-25-9-7-6-8-19(25)3)24(31)16-27(26)40-18-28(35)33-23-12-10-20(11-13-23)30(37)39-5-2/h6-16H,4-5,18H2,1-3H3,(H,33,35)(H,34,36)/b22-14-. The van der Waals surface area contributed by atoms with Crippen LogP contribution in [-0.2, 0) is 14.3 Å². The lowest BCUT2D eigenvalue weighted by molar-refractivity contribution is -0.118.